The third-order valence-corrected chi connectivity index (χ3v) is 2.89. The number of hydrogen-bond acceptors (Lipinski definition) is 1. The molecule has 0 aromatic rings. The molecule has 0 aromatic carbocycles. The summed E-state index contributed by atoms with van der Waals surface area (Å²) in [6.45, 7) is 0. The van der Waals surface area contributed by atoms with Gasteiger partial charge >= 0.3 is 0 Å². The molecule has 0 radical (unpaired) electrons. The van der Waals surface area contributed by atoms with Crippen molar-refractivity contribution in [3.05, 3.63) is 0 Å². The zero-order valence-corrected chi connectivity index (χ0v) is 8.40. The third kappa shape index (κ3) is 3.37. The lowest BCUT2D eigenvalue weighted by atomic mass is 9.85. The number of alkyl halides is 1. The van der Waals surface area contributed by atoms with Gasteiger partial charge in [-0.25, -0.2) is 0 Å². The van der Waals surface area contributed by atoms with E-state index in [0.717, 1.165) is 24.6 Å². The molecular formula is C9H15BrO. The minimum Gasteiger partial charge on any atom is -0.300 e. The van der Waals surface area contributed by atoms with Crippen molar-refractivity contribution in [1.29, 1.82) is 0 Å². The van der Waals surface area contributed by atoms with E-state index < -0.39 is 0 Å². The number of rotatable bonds is 3. The normalized spacial score (nSPS) is 25.5. The second-order valence-corrected chi connectivity index (χ2v) is 4.13. The molecule has 0 aliphatic heterocycles. The predicted octanol–water partition coefficient (Wildman–Crippen LogP) is 2.92. The van der Waals surface area contributed by atoms with Gasteiger partial charge in [-0.1, -0.05) is 15.9 Å². The SMILES string of the molecule is O=C1CCCC(CCCBr)C1. The monoisotopic (exact) mass is 218 g/mol. The average molecular weight is 219 g/mol. The predicted molar refractivity (Wildman–Crippen MR) is 50.0 cm³/mol. The standard InChI is InChI=1S/C9H15BrO/c10-6-2-4-8-3-1-5-9(11)7-8/h8H,1-7H2. The highest BCUT2D eigenvalue weighted by atomic mass is 79.9. The molecule has 1 atom stereocenters. The molecule has 0 N–H and O–H groups in total. The summed E-state index contributed by atoms with van der Waals surface area (Å²) in [4.78, 5) is 11.0. The van der Waals surface area contributed by atoms with Crippen molar-refractivity contribution in [3.63, 3.8) is 0 Å². The van der Waals surface area contributed by atoms with Crippen LogP contribution < -0.4 is 0 Å². The van der Waals surface area contributed by atoms with Gasteiger partial charge < -0.3 is 0 Å². The minimum absolute atomic E-state index is 0.482. The van der Waals surface area contributed by atoms with E-state index in [1.807, 2.05) is 0 Å². The Morgan fingerprint density at radius 2 is 2.36 bits per heavy atom. The number of Topliss-reactive ketones (excluding diaryl/α,β-unsaturated/α-hetero) is 1. The molecule has 0 aromatic heterocycles. The van der Waals surface area contributed by atoms with Gasteiger partial charge in [0.1, 0.15) is 5.78 Å². The van der Waals surface area contributed by atoms with Crippen molar-refractivity contribution in [3.8, 4) is 0 Å². The molecule has 1 rings (SSSR count). The summed E-state index contributed by atoms with van der Waals surface area (Å²) in [5.74, 6) is 1.18. The molecule has 64 valence electrons. The fourth-order valence-corrected chi connectivity index (χ4v) is 2.05. The summed E-state index contributed by atoms with van der Waals surface area (Å²) in [5.41, 5.74) is 0. The van der Waals surface area contributed by atoms with Crippen LogP contribution in [0.15, 0.2) is 0 Å². The van der Waals surface area contributed by atoms with Crippen LogP contribution >= 0.6 is 15.9 Å². The number of carbonyl (C=O) groups excluding carboxylic acids is 1. The Bertz CT molecular complexity index is 134. The molecule has 1 aliphatic carbocycles. The van der Waals surface area contributed by atoms with Gasteiger partial charge in [0.15, 0.2) is 0 Å². The van der Waals surface area contributed by atoms with Crippen LogP contribution in [0.2, 0.25) is 0 Å². The maximum Gasteiger partial charge on any atom is 0.133 e. The van der Waals surface area contributed by atoms with Gasteiger partial charge in [-0.15, -0.1) is 0 Å². The molecule has 1 fully saturated rings. The number of ketones is 1. The van der Waals surface area contributed by atoms with Crippen LogP contribution in [0.3, 0.4) is 0 Å². The Morgan fingerprint density at radius 3 is 3.00 bits per heavy atom. The molecular weight excluding hydrogens is 204 g/mol. The molecule has 0 bridgehead atoms. The number of hydrogen-bond donors (Lipinski definition) is 0. The summed E-state index contributed by atoms with van der Waals surface area (Å²) < 4.78 is 0. The smallest absolute Gasteiger partial charge is 0.133 e. The maximum absolute atomic E-state index is 11.0. The lowest BCUT2D eigenvalue weighted by Crippen LogP contribution is -2.14. The second kappa shape index (κ2) is 4.91. The topological polar surface area (TPSA) is 17.1 Å². The Kier molecular flexibility index (Phi) is 4.13. The van der Waals surface area contributed by atoms with Crippen LogP contribution in [0.4, 0.5) is 0 Å². The van der Waals surface area contributed by atoms with E-state index >= 15 is 0 Å². The van der Waals surface area contributed by atoms with Crippen molar-refractivity contribution >= 4 is 21.7 Å². The van der Waals surface area contributed by atoms with Crippen LogP contribution in [0.1, 0.15) is 38.5 Å². The zero-order chi connectivity index (χ0) is 8.10. The average Bonchev–Trinajstić information content (AvgIpc) is 2.01. The van der Waals surface area contributed by atoms with Gasteiger partial charge in [-0.05, 0) is 31.6 Å². The summed E-state index contributed by atoms with van der Waals surface area (Å²) in [7, 11) is 0. The molecule has 1 aliphatic rings. The van der Waals surface area contributed by atoms with Crippen LogP contribution in [0, 0.1) is 5.92 Å². The molecule has 11 heavy (non-hydrogen) atoms. The Balaban J connectivity index is 2.17. The van der Waals surface area contributed by atoms with E-state index in [-0.39, 0.29) is 0 Å². The van der Waals surface area contributed by atoms with Gasteiger partial charge in [0.2, 0.25) is 0 Å². The van der Waals surface area contributed by atoms with E-state index in [9.17, 15) is 4.79 Å². The first-order valence-corrected chi connectivity index (χ1v) is 5.52. The van der Waals surface area contributed by atoms with Gasteiger partial charge in [0, 0.05) is 18.2 Å². The van der Waals surface area contributed by atoms with Gasteiger partial charge in [0.25, 0.3) is 0 Å². The Labute approximate surface area is 76.7 Å². The van der Waals surface area contributed by atoms with E-state index in [1.54, 1.807) is 0 Å². The summed E-state index contributed by atoms with van der Waals surface area (Å²) in [6.07, 6.45) is 6.55. The quantitative estimate of drug-likeness (QED) is 0.667. The van der Waals surface area contributed by atoms with Crippen LogP contribution in [-0.4, -0.2) is 11.1 Å². The van der Waals surface area contributed by atoms with Crippen molar-refractivity contribution in [2.24, 2.45) is 5.92 Å². The second-order valence-electron chi connectivity index (χ2n) is 3.33. The van der Waals surface area contributed by atoms with Crippen LogP contribution in [0.25, 0.3) is 0 Å². The minimum atomic E-state index is 0.482. The number of carbonyl (C=O) groups is 1. The first kappa shape index (κ1) is 9.24. The zero-order valence-electron chi connectivity index (χ0n) is 6.81. The molecule has 2 heteroatoms. The lowest BCUT2D eigenvalue weighted by Gasteiger charge is -2.19. The number of halogens is 1. The first-order chi connectivity index (χ1) is 5.33. The van der Waals surface area contributed by atoms with Crippen LogP contribution in [0.5, 0.6) is 0 Å². The van der Waals surface area contributed by atoms with E-state index in [4.69, 9.17) is 0 Å². The van der Waals surface area contributed by atoms with E-state index in [1.165, 1.54) is 19.3 Å². The van der Waals surface area contributed by atoms with Crippen molar-refractivity contribution < 1.29 is 4.79 Å². The van der Waals surface area contributed by atoms with Crippen molar-refractivity contribution in [1.82, 2.24) is 0 Å². The largest absolute Gasteiger partial charge is 0.300 e. The molecule has 1 nitrogen and oxygen atoms in total. The Hall–Kier alpha value is 0.150. The summed E-state index contributed by atoms with van der Waals surface area (Å²) in [5, 5.41) is 1.08. The molecule has 0 spiro atoms. The van der Waals surface area contributed by atoms with Crippen molar-refractivity contribution in [2.45, 2.75) is 38.5 Å². The van der Waals surface area contributed by atoms with Gasteiger partial charge in [-0.3, -0.25) is 4.79 Å². The molecule has 1 saturated carbocycles. The van der Waals surface area contributed by atoms with Crippen LogP contribution in [-0.2, 0) is 4.79 Å². The van der Waals surface area contributed by atoms with E-state index in [2.05, 4.69) is 15.9 Å². The highest BCUT2D eigenvalue weighted by Gasteiger charge is 2.18. The Morgan fingerprint density at radius 1 is 1.55 bits per heavy atom. The molecule has 0 saturated heterocycles. The highest BCUT2D eigenvalue weighted by molar-refractivity contribution is 9.09. The maximum atomic E-state index is 11.0. The molecule has 1 unspecified atom stereocenters. The van der Waals surface area contributed by atoms with Gasteiger partial charge in [-0.2, -0.15) is 0 Å². The van der Waals surface area contributed by atoms with E-state index in [0.29, 0.717) is 11.7 Å². The third-order valence-electron chi connectivity index (χ3n) is 2.33. The fraction of sp³-hybridized carbons (Fsp3) is 0.889. The first-order valence-electron chi connectivity index (χ1n) is 4.40. The molecule has 0 amide bonds. The highest BCUT2D eigenvalue weighted by Crippen LogP contribution is 2.25. The fourth-order valence-electron chi connectivity index (χ4n) is 1.73. The summed E-state index contributed by atoms with van der Waals surface area (Å²) in [6, 6.07) is 0. The molecule has 0 heterocycles. The van der Waals surface area contributed by atoms with Crippen molar-refractivity contribution in [2.75, 3.05) is 5.33 Å². The summed E-state index contributed by atoms with van der Waals surface area (Å²) >= 11 is 3.41. The lowest BCUT2D eigenvalue weighted by molar-refractivity contribution is -0.121. The van der Waals surface area contributed by atoms with Gasteiger partial charge in [0.05, 0.1) is 0 Å².